The number of amides is 2. The Balaban J connectivity index is 1.61. The summed E-state index contributed by atoms with van der Waals surface area (Å²) in [6.45, 7) is 5.35. The van der Waals surface area contributed by atoms with Crippen molar-refractivity contribution in [1.29, 1.82) is 0 Å². The second-order valence-corrected chi connectivity index (χ2v) is 5.78. The van der Waals surface area contributed by atoms with Gasteiger partial charge in [-0.2, -0.15) is 0 Å². The van der Waals surface area contributed by atoms with E-state index in [4.69, 9.17) is 0 Å². The predicted octanol–water partition coefficient (Wildman–Crippen LogP) is 2.10. The minimum absolute atomic E-state index is 0.0192. The molecule has 0 spiro atoms. The van der Waals surface area contributed by atoms with Crippen LogP contribution in [-0.4, -0.2) is 42.6 Å². The number of carbonyl (C=O) groups is 1. The van der Waals surface area contributed by atoms with Gasteiger partial charge in [0.25, 0.3) is 0 Å². The lowest BCUT2D eigenvalue weighted by Crippen LogP contribution is -2.48. The van der Waals surface area contributed by atoms with Crippen LogP contribution in [0, 0.1) is 0 Å². The lowest BCUT2D eigenvalue weighted by atomic mass is 10.1. The monoisotopic (exact) mass is 253 g/mol. The van der Waals surface area contributed by atoms with Crippen LogP contribution in [0.3, 0.4) is 0 Å². The fraction of sp³-hybridized carbons (Fsp3) is 0.929. The van der Waals surface area contributed by atoms with Gasteiger partial charge in [-0.25, -0.2) is 4.79 Å². The molecule has 1 aliphatic carbocycles. The standard InChI is InChI=1S/C14H27N3O/c1-12(17-9-5-2-6-10-17)11-15-14(18)16-13-7-3-4-8-13/h12-13H,2-11H2,1H3,(H2,15,16,18). The molecular weight excluding hydrogens is 226 g/mol. The zero-order valence-corrected chi connectivity index (χ0v) is 11.6. The van der Waals surface area contributed by atoms with Gasteiger partial charge in [0.1, 0.15) is 0 Å². The normalized spacial score (nSPS) is 23.8. The van der Waals surface area contributed by atoms with Crippen molar-refractivity contribution in [3.05, 3.63) is 0 Å². The van der Waals surface area contributed by atoms with Crippen LogP contribution in [0.5, 0.6) is 0 Å². The van der Waals surface area contributed by atoms with Crippen LogP contribution in [0.2, 0.25) is 0 Å². The largest absolute Gasteiger partial charge is 0.337 e. The Labute approximate surface area is 110 Å². The Hall–Kier alpha value is -0.770. The molecule has 4 heteroatoms. The fourth-order valence-corrected chi connectivity index (χ4v) is 3.04. The van der Waals surface area contributed by atoms with E-state index in [1.165, 1.54) is 45.2 Å². The van der Waals surface area contributed by atoms with Crippen molar-refractivity contribution in [1.82, 2.24) is 15.5 Å². The maximum Gasteiger partial charge on any atom is 0.315 e. The Bertz CT molecular complexity index is 258. The van der Waals surface area contributed by atoms with E-state index < -0.39 is 0 Å². The van der Waals surface area contributed by atoms with Gasteiger partial charge in [-0.3, -0.25) is 4.90 Å². The lowest BCUT2D eigenvalue weighted by Gasteiger charge is -2.32. The third-order valence-electron chi connectivity index (χ3n) is 4.26. The molecule has 2 rings (SSSR count). The van der Waals surface area contributed by atoms with E-state index in [0.29, 0.717) is 12.1 Å². The van der Waals surface area contributed by atoms with E-state index in [1.54, 1.807) is 0 Å². The minimum Gasteiger partial charge on any atom is -0.337 e. The van der Waals surface area contributed by atoms with Gasteiger partial charge >= 0.3 is 6.03 Å². The number of hydrogen-bond acceptors (Lipinski definition) is 2. The van der Waals surface area contributed by atoms with Gasteiger partial charge in [-0.15, -0.1) is 0 Å². The maximum absolute atomic E-state index is 11.7. The molecule has 1 unspecified atom stereocenters. The molecule has 1 heterocycles. The summed E-state index contributed by atoms with van der Waals surface area (Å²) in [6, 6.07) is 0.890. The lowest BCUT2D eigenvalue weighted by molar-refractivity contribution is 0.170. The quantitative estimate of drug-likeness (QED) is 0.806. The first-order chi connectivity index (χ1) is 8.75. The Morgan fingerprint density at radius 2 is 1.83 bits per heavy atom. The van der Waals surface area contributed by atoms with Gasteiger partial charge in [-0.1, -0.05) is 19.3 Å². The van der Waals surface area contributed by atoms with Crippen molar-refractivity contribution in [3.8, 4) is 0 Å². The van der Waals surface area contributed by atoms with Crippen molar-refractivity contribution in [2.45, 2.75) is 64.0 Å². The second kappa shape index (κ2) is 6.98. The van der Waals surface area contributed by atoms with Crippen LogP contribution in [0.15, 0.2) is 0 Å². The summed E-state index contributed by atoms with van der Waals surface area (Å²) in [7, 11) is 0. The summed E-state index contributed by atoms with van der Waals surface area (Å²) in [6.07, 6.45) is 8.78. The highest BCUT2D eigenvalue weighted by atomic mass is 16.2. The van der Waals surface area contributed by atoms with Crippen LogP contribution in [-0.2, 0) is 0 Å². The number of nitrogens with zero attached hydrogens (tertiary/aromatic N) is 1. The molecule has 1 saturated carbocycles. The predicted molar refractivity (Wildman–Crippen MR) is 73.7 cm³/mol. The third kappa shape index (κ3) is 4.16. The first-order valence-electron chi connectivity index (χ1n) is 7.54. The molecule has 104 valence electrons. The molecule has 18 heavy (non-hydrogen) atoms. The summed E-state index contributed by atoms with van der Waals surface area (Å²) < 4.78 is 0. The molecule has 0 radical (unpaired) electrons. The van der Waals surface area contributed by atoms with Crippen LogP contribution in [0.4, 0.5) is 4.79 Å². The first-order valence-corrected chi connectivity index (χ1v) is 7.54. The highest BCUT2D eigenvalue weighted by Gasteiger charge is 2.19. The molecule has 1 saturated heterocycles. The number of carbonyl (C=O) groups excluding carboxylic acids is 1. The number of rotatable bonds is 4. The number of nitrogens with one attached hydrogen (secondary N) is 2. The van der Waals surface area contributed by atoms with Crippen LogP contribution in [0.1, 0.15) is 51.9 Å². The average molecular weight is 253 g/mol. The van der Waals surface area contributed by atoms with Crippen molar-refractivity contribution in [3.63, 3.8) is 0 Å². The number of urea groups is 1. The zero-order chi connectivity index (χ0) is 12.8. The molecule has 2 N–H and O–H groups in total. The Kier molecular flexibility index (Phi) is 5.29. The van der Waals surface area contributed by atoms with Crippen LogP contribution in [0.25, 0.3) is 0 Å². The molecule has 0 bridgehead atoms. The molecule has 0 aromatic heterocycles. The Morgan fingerprint density at radius 3 is 2.50 bits per heavy atom. The SMILES string of the molecule is CC(CNC(=O)NC1CCCC1)N1CCCCC1. The third-order valence-corrected chi connectivity index (χ3v) is 4.26. The molecular formula is C14H27N3O. The highest BCUT2D eigenvalue weighted by Crippen LogP contribution is 2.17. The van der Waals surface area contributed by atoms with Gasteiger partial charge in [0, 0.05) is 18.6 Å². The van der Waals surface area contributed by atoms with E-state index in [0.717, 1.165) is 19.4 Å². The van der Waals surface area contributed by atoms with E-state index in [9.17, 15) is 4.79 Å². The molecule has 1 aliphatic heterocycles. The summed E-state index contributed by atoms with van der Waals surface area (Å²) in [5.74, 6) is 0. The van der Waals surface area contributed by atoms with Crippen molar-refractivity contribution in [2.24, 2.45) is 0 Å². The van der Waals surface area contributed by atoms with Gasteiger partial charge in [-0.05, 0) is 45.7 Å². The highest BCUT2D eigenvalue weighted by molar-refractivity contribution is 5.74. The average Bonchev–Trinajstić information content (AvgIpc) is 2.90. The smallest absolute Gasteiger partial charge is 0.315 e. The summed E-state index contributed by atoms with van der Waals surface area (Å²) in [4.78, 5) is 14.2. The Morgan fingerprint density at radius 1 is 1.17 bits per heavy atom. The van der Waals surface area contributed by atoms with Crippen LogP contribution < -0.4 is 10.6 Å². The second-order valence-electron chi connectivity index (χ2n) is 5.78. The van der Waals surface area contributed by atoms with Crippen molar-refractivity contribution >= 4 is 6.03 Å². The summed E-state index contributed by atoms with van der Waals surface area (Å²) >= 11 is 0. The van der Waals surface area contributed by atoms with E-state index in [-0.39, 0.29) is 6.03 Å². The van der Waals surface area contributed by atoms with Gasteiger partial charge in [0.15, 0.2) is 0 Å². The molecule has 2 amide bonds. The minimum atomic E-state index is 0.0192. The van der Waals surface area contributed by atoms with Crippen molar-refractivity contribution in [2.75, 3.05) is 19.6 Å². The zero-order valence-electron chi connectivity index (χ0n) is 11.6. The number of piperidine rings is 1. The molecule has 2 fully saturated rings. The van der Waals surface area contributed by atoms with Crippen LogP contribution >= 0.6 is 0 Å². The van der Waals surface area contributed by atoms with Gasteiger partial charge in [0.05, 0.1) is 0 Å². The first kappa shape index (κ1) is 13.7. The molecule has 4 nitrogen and oxygen atoms in total. The summed E-state index contributed by atoms with van der Waals surface area (Å²) in [5, 5.41) is 6.08. The van der Waals surface area contributed by atoms with Crippen molar-refractivity contribution < 1.29 is 4.79 Å². The van der Waals surface area contributed by atoms with E-state index in [2.05, 4.69) is 22.5 Å². The maximum atomic E-state index is 11.7. The van der Waals surface area contributed by atoms with Gasteiger partial charge in [0.2, 0.25) is 0 Å². The van der Waals surface area contributed by atoms with E-state index >= 15 is 0 Å². The molecule has 2 aliphatic rings. The van der Waals surface area contributed by atoms with Gasteiger partial charge < -0.3 is 10.6 Å². The topological polar surface area (TPSA) is 44.4 Å². The van der Waals surface area contributed by atoms with E-state index in [1.807, 2.05) is 0 Å². The molecule has 0 aromatic carbocycles. The fourth-order valence-electron chi connectivity index (χ4n) is 3.04. The molecule has 0 aromatic rings. The number of hydrogen-bond donors (Lipinski definition) is 2. The molecule has 1 atom stereocenters. The summed E-state index contributed by atoms with van der Waals surface area (Å²) in [5.41, 5.74) is 0. The number of likely N-dealkylation sites (tertiary alicyclic amines) is 1.